The van der Waals surface area contributed by atoms with Crippen LogP contribution in [0.3, 0.4) is 0 Å². The molecule has 0 atom stereocenters. The lowest BCUT2D eigenvalue weighted by atomic mass is 10.2. The van der Waals surface area contributed by atoms with Gasteiger partial charge in [-0.1, -0.05) is 0 Å². The third-order valence-electron chi connectivity index (χ3n) is 2.81. The van der Waals surface area contributed by atoms with E-state index in [-0.39, 0.29) is 12.5 Å². The molecule has 3 aromatic rings. The fourth-order valence-corrected chi connectivity index (χ4v) is 2.67. The number of hydrogen-bond acceptors (Lipinski definition) is 5. The van der Waals surface area contributed by atoms with Gasteiger partial charge in [-0.3, -0.25) is 4.79 Å². The highest BCUT2D eigenvalue weighted by Gasteiger charge is 2.11. The minimum absolute atomic E-state index is 0.103. The van der Waals surface area contributed by atoms with Crippen molar-refractivity contribution in [3.05, 3.63) is 29.9 Å². The molecular weight excluding hydrogens is 274 g/mol. The third kappa shape index (κ3) is 2.40. The predicted molar refractivity (Wildman–Crippen MR) is 79.8 cm³/mol. The van der Waals surface area contributed by atoms with Gasteiger partial charge in [0, 0.05) is 28.7 Å². The molecule has 3 heterocycles. The SMILES string of the molecule is CNCC(=O)Nc1nc(-c2c[nH]c3ncccc23)cs1. The maximum absolute atomic E-state index is 11.5. The maximum atomic E-state index is 11.5. The van der Waals surface area contributed by atoms with E-state index in [2.05, 4.69) is 25.6 Å². The molecule has 0 unspecified atom stereocenters. The highest BCUT2D eigenvalue weighted by molar-refractivity contribution is 7.14. The maximum Gasteiger partial charge on any atom is 0.240 e. The Kier molecular flexibility index (Phi) is 3.44. The van der Waals surface area contributed by atoms with Crippen molar-refractivity contribution in [1.29, 1.82) is 0 Å². The van der Waals surface area contributed by atoms with Crippen LogP contribution in [-0.4, -0.2) is 34.5 Å². The summed E-state index contributed by atoms with van der Waals surface area (Å²) in [6, 6.07) is 3.88. The summed E-state index contributed by atoms with van der Waals surface area (Å²) in [6.45, 7) is 0.270. The van der Waals surface area contributed by atoms with E-state index in [0.717, 1.165) is 22.3 Å². The molecule has 0 aliphatic heterocycles. The van der Waals surface area contributed by atoms with Crippen LogP contribution in [0.15, 0.2) is 29.9 Å². The van der Waals surface area contributed by atoms with Crippen LogP contribution in [0.2, 0.25) is 0 Å². The monoisotopic (exact) mass is 287 g/mol. The molecule has 7 heteroatoms. The van der Waals surface area contributed by atoms with Gasteiger partial charge in [-0.2, -0.15) is 0 Å². The summed E-state index contributed by atoms with van der Waals surface area (Å²) in [4.78, 5) is 23.3. The van der Waals surface area contributed by atoms with Crippen molar-refractivity contribution in [1.82, 2.24) is 20.3 Å². The number of H-pyrrole nitrogens is 1. The Morgan fingerprint density at radius 2 is 2.40 bits per heavy atom. The number of aromatic nitrogens is 3. The van der Waals surface area contributed by atoms with E-state index in [1.54, 1.807) is 13.2 Å². The Hall–Kier alpha value is -2.25. The van der Waals surface area contributed by atoms with Gasteiger partial charge in [0.15, 0.2) is 5.13 Å². The molecule has 0 saturated heterocycles. The molecule has 6 nitrogen and oxygen atoms in total. The summed E-state index contributed by atoms with van der Waals surface area (Å²) < 4.78 is 0. The smallest absolute Gasteiger partial charge is 0.240 e. The summed E-state index contributed by atoms with van der Waals surface area (Å²) >= 11 is 1.41. The highest BCUT2D eigenvalue weighted by atomic mass is 32.1. The average Bonchev–Trinajstić information content (AvgIpc) is 3.05. The van der Waals surface area contributed by atoms with Gasteiger partial charge in [-0.05, 0) is 19.2 Å². The predicted octanol–water partition coefficient (Wildman–Crippen LogP) is 1.84. The van der Waals surface area contributed by atoms with Crippen LogP contribution in [0, 0.1) is 0 Å². The molecule has 0 radical (unpaired) electrons. The zero-order valence-electron chi connectivity index (χ0n) is 10.8. The molecule has 0 fully saturated rings. The van der Waals surface area contributed by atoms with E-state index in [1.807, 2.05) is 23.7 Å². The zero-order valence-corrected chi connectivity index (χ0v) is 11.6. The topological polar surface area (TPSA) is 82.7 Å². The number of nitrogens with one attached hydrogen (secondary N) is 3. The van der Waals surface area contributed by atoms with Crippen LogP contribution in [0.25, 0.3) is 22.3 Å². The molecule has 0 aliphatic rings. The molecule has 3 N–H and O–H groups in total. The number of anilines is 1. The standard InChI is InChI=1S/C13H13N5OS/c1-14-6-11(19)18-13-17-10(7-20-13)9-5-16-12-8(9)3-2-4-15-12/h2-5,7,14H,6H2,1H3,(H,15,16)(H,17,18,19). The molecule has 102 valence electrons. The third-order valence-corrected chi connectivity index (χ3v) is 3.57. The van der Waals surface area contributed by atoms with Gasteiger partial charge in [0.25, 0.3) is 0 Å². The Labute approximate surface area is 119 Å². The van der Waals surface area contributed by atoms with Gasteiger partial charge in [0.05, 0.1) is 12.2 Å². The van der Waals surface area contributed by atoms with Crippen molar-refractivity contribution < 1.29 is 4.79 Å². The second kappa shape index (κ2) is 5.40. The van der Waals surface area contributed by atoms with Gasteiger partial charge < -0.3 is 15.6 Å². The lowest BCUT2D eigenvalue weighted by molar-refractivity contribution is -0.115. The molecule has 0 aromatic carbocycles. The second-order valence-corrected chi connectivity index (χ2v) is 5.08. The van der Waals surface area contributed by atoms with Gasteiger partial charge in [-0.15, -0.1) is 11.3 Å². The Morgan fingerprint density at radius 3 is 3.25 bits per heavy atom. The van der Waals surface area contributed by atoms with Gasteiger partial charge in [-0.25, -0.2) is 9.97 Å². The number of amides is 1. The molecule has 0 saturated carbocycles. The van der Waals surface area contributed by atoms with E-state index in [9.17, 15) is 4.79 Å². The number of hydrogen-bond donors (Lipinski definition) is 3. The Balaban J connectivity index is 1.88. The lowest BCUT2D eigenvalue weighted by Gasteiger charge is -1.99. The minimum Gasteiger partial charge on any atom is -0.345 e. The van der Waals surface area contributed by atoms with E-state index in [0.29, 0.717) is 5.13 Å². The largest absolute Gasteiger partial charge is 0.345 e. The number of nitrogens with zero attached hydrogens (tertiary/aromatic N) is 2. The summed E-state index contributed by atoms with van der Waals surface area (Å²) in [7, 11) is 1.73. The summed E-state index contributed by atoms with van der Waals surface area (Å²) in [5, 5.41) is 9.09. The molecule has 3 rings (SSSR count). The number of thiazole rings is 1. The van der Waals surface area contributed by atoms with Gasteiger partial charge in [0.1, 0.15) is 5.65 Å². The molecule has 0 bridgehead atoms. The van der Waals surface area contributed by atoms with Crippen LogP contribution < -0.4 is 10.6 Å². The van der Waals surface area contributed by atoms with E-state index >= 15 is 0 Å². The minimum atomic E-state index is -0.103. The fourth-order valence-electron chi connectivity index (χ4n) is 1.95. The first-order valence-electron chi connectivity index (χ1n) is 6.10. The quantitative estimate of drug-likeness (QED) is 0.684. The number of fused-ring (bicyclic) bond motifs is 1. The number of pyridine rings is 1. The number of aromatic amines is 1. The molecule has 0 aliphatic carbocycles. The van der Waals surface area contributed by atoms with Crippen LogP contribution in [-0.2, 0) is 4.79 Å². The zero-order chi connectivity index (χ0) is 13.9. The molecule has 1 amide bonds. The second-order valence-electron chi connectivity index (χ2n) is 4.22. The van der Waals surface area contributed by atoms with Crippen molar-refractivity contribution in [2.24, 2.45) is 0 Å². The fraction of sp³-hybridized carbons (Fsp3) is 0.154. The van der Waals surface area contributed by atoms with E-state index < -0.39 is 0 Å². The van der Waals surface area contributed by atoms with Crippen molar-refractivity contribution >= 4 is 33.4 Å². The van der Waals surface area contributed by atoms with Crippen molar-refractivity contribution in [2.75, 3.05) is 18.9 Å². The summed E-state index contributed by atoms with van der Waals surface area (Å²) in [6.07, 6.45) is 3.62. The number of carbonyl (C=O) groups is 1. The number of rotatable bonds is 4. The number of carbonyl (C=O) groups excluding carboxylic acids is 1. The van der Waals surface area contributed by atoms with Crippen LogP contribution >= 0.6 is 11.3 Å². The summed E-state index contributed by atoms with van der Waals surface area (Å²) in [5.41, 5.74) is 2.64. The molecular formula is C13H13N5OS. The van der Waals surface area contributed by atoms with Crippen molar-refractivity contribution in [3.63, 3.8) is 0 Å². The normalized spacial score (nSPS) is 10.8. The van der Waals surface area contributed by atoms with E-state index in [4.69, 9.17) is 0 Å². The van der Waals surface area contributed by atoms with Crippen LogP contribution in [0.4, 0.5) is 5.13 Å². The first-order chi connectivity index (χ1) is 9.78. The Morgan fingerprint density at radius 1 is 1.50 bits per heavy atom. The van der Waals surface area contributed by atoms with Crippen LogP contribution in [0.1, 0.15) is 0 Å². The first-order valence-corrected chi connectivity index (χ1v) is 6.98. The van der Waals surface area contributed by atoms with Crippen molar-refractivity contribution in [3.8, 4) is 11.3 Å². The van der Waals surface area contributed by atoms with E-state index in [1.165, 1.54) is 11.3 Å². The average molecular weight is 287 g/mol. The molecule has 0 spiro atoms. The molecule has 3 aromatic heterocycles. The number of likely N-dealkylation sites (N-methyl/N-ethyl adjacent to an activating group) is 1. The van der Waals surface area contributed by atoms with Crippen LogP contribution in [0.5, 0.6) is 0 Å². The van der Waals surface area contributed by atoms with Gasteiger partial charge >= 0.3 is 0 Å². The first kappa shape index (κ1) is 12.8. The molecule has 20 heavy (non-hydrogen) atoms. The van der Waals surface area contributed by atoms with Crippen molar-refractivity contribution in [2.45, 2.75) is 0 Å². The highest BCUT2D eigenvalue weighted by Crippen LogP contribution is 2.30. The Bertz CT molecular complexity index is 748. The summed E-state index contributed by atoms with van der Waals surface area (Å²) in [5.74, 6) is -0.103. The van der Waals surface area contributed by atoms with Gasteiger partial charge in [0.2, 0.25) is 5.91 Å². The lowest BCUT2D eigenvalue weighted by Crippen LogP contribution is -2.24.